The average Bonchev–Trinajstić information content (AvgIpc) is 2.62. The summed E-state index contributed by atoms with van der Waals surface area (Å²) in [6.07, 6.45) is 0.473. The Morgan fingerprint density at radius 2 is 1.73 bits per heavy atom. The number of hydrogen-bond donors (Lipinski definition) is 1. The summed E-state index contributed by atoms with van der Waals surface area (Å²) >= 11 is 0. The summed E-state index contributed by atoms with van der Waals surface area (Å²) < 4.78 is 9.66. The average molecular weight is 359 g/mol. The van der Waals surface area contributed by atoms with Crippen LogP contribution in [0.25, 0.3) is 0 Å². The van der Waals surface area contributed by atoms with Crippen molar-refractivity contribution in [2.45, 2.75) is 13.5 Å². The third kappa shape index (κ3) is 4.28. The van der Waals surface area contributed by atoms with Crippen molar-refractivity contribution in [3.8, 4) is 11.5 Å². The highest BCUT2D eigenvalue weighted by Crippen LogP contribution is 2.25. The number of aldehydes is 1. The Hall–Kier alpha value is -3.59. The number of non-ortho nitro benzene ring substituents is 1. The molecule has 0 fully saturated rings. The minimum absolute atomic E-state index is 0.0516. The van der Waals surface area contributed by atoms with Crippen LogP contribution in [0.15, 0.2) is 36.4 Å². The number of ether oxygens (including phenoxy) is 2. The van der Waals surface area contributed by atoms with E-state index in [0.717, 1.165) is 23.8 Å². The molecule has 0 aliphatic carbocycles. The Bertz CT molecular complexity index is 890. The predicted molar refractivity (Wildman–Crippen MR) is 86.9 cm³/mol. The largest absolute Gasteiger partial charge is 0.423 e. The molecule has 0 aliphatic heterocycles. The Morgan fingerprint density at radius 3 is 2.31 bits per heavy atom. The second-order valence-electron chi connectivity index (χ2n) is 5.15. The van der Waals surface area contributed by atoms with Crippen LogP contribution in [0.1, 0.15) is 21.5 Å². The van der Waals surface area contributed by atoms with Crippen LogP contribution < -0.4 is 9.47 Å². The van der Waals surface area contributed by atoms with Gasteiger partial charge in [0.25, 0.3) is 5.69 Å². The first kappa shape index (κ1) is 18.7. The summed E-state index contributed by atoms with van der Waals surface area (Å²) in [5, 5.41) is 19.9. The molecule has 0 aliphatic rings. The van der Waals surface area contributed by atoms with Gasteiger partial charge < -0.3 is 14.6 Å². The van der Waals surface area contributed by atoms with Gasteiger partial charge in [-0.15, -0.1) is 0 Å². The summed E-state index contributed by atoms with van der Waals surface area (Å²) in [5.41, 5.74) is 0.474. The maximum absolute atomic E-state index is 11.9. The number of benzene rings is 2. The van der Waals surface area contributed by atoms with Gasteiger partial charge in [0.1, 0.15) is 11.5 Å². The molecule has 2 aromatic rings. The predicted octanol–water partition coefficient (Wildman–Crippen LogP) is 1.72. The van der Waals surface area contributed by atoms with Crippen LogP contribution in [-0.2, 0) is 16.2 Å². The van der Waals surface area contributed by atoms with Crippen LogP contribution >= 0.6 is 0 Å². The number of aryl methyl sites for hydroxylation is 1. The zero-order valence-corrected chi connectivity index (χ0v) is 13.5. The Morgan fingerprint density at radius 1 is 1.12 bits per heavy atom. The maximum Gasteiger partial charge on any atom is 0.423 e. The molecule has 0 atom stereocenters. The zero-order chi connectivity index (χ0) is 19.3. The molecule has 134 valence electrons. The smallest absolute Gasteiger partial charge is 0.418 e. The first-order valence-electron chi connectivity index (χ1n) is 7.23. The van der Waals surface area contributed by atoms with E-state index in [2.05, 4.69) is 0 Å². The highest BCUT2D eigenvalue weighted by molar-refractivity contribution is 6.31. The normalized spacial score (nSPS) is 10.1. The minimum Gasteiger partial charge on any atom is -0.418 e. The quantitative estimate of drug-likeness (QED) is 0.213. The van der Waals surface area contributed by atoms with Gasteiger partial charge in [-0.3, -0.25) is 14.9 Å². The third-order valence-electron chi connectivity index (χ3n) is 3.29. The first-order valence-corrected chi connectivity index (χ1v) is 7.23. The van der Waals surface area contributed by atoms with E-state index in [1.165, 1.54) is 12.1 Å². The number of esters is 2. The Balaban J connectivity index is 2.16. The van der Waals surface area contributed by atoms with Crippen LogP contribution in [0.4, 0.5) is 5.69 Å². The minimum atomic E-state index is -1.41. The Labute approximate surface area is 146 Å². The number of nitrogens with zero attached hydrogens (tertiary/aromatic N) is 1. The van der Waals surface area contributed by atoms with Gasteiger partial charge in [0, 0.05) is 17.7 Å². The van der Waals surface area contributed by atoms with Crippen molar-refractivity contribution in [3.05, 3.63) is 63.2 Å². The van der Waals surface area contributed by atoms with Gasteiger partial charge in [-0.1, -0.05) is 11.6 Å². The maximum atomic E-state index is 11.9. The third-order valence-corrected chi connectivity index (χ3v) is 3.29. The molecule has 26 heavy (non-hydrogen) atoms. The number of aliphatic hydroxyl groups excluding tert-OH is 1. The van der Waals surface area contributed by atoms with Crippen molar-refractivity contribution in [2.75, 3.05) is 0 Å². The summed E-state index contributed by atoms with van der Waals surface area (Å²) in [6.45, 7) is 1.09. The number of rotatable bonds is 5. The SMILES string of the molecule is Cc1ccc(OC(=O)C(=O)Oc2ccc([N+](=O)[O-])cc2CO)c(C=O)c1. The van der Waals surface area contributed by atoms with Crippen molar-refractivity contribution < 1.29 is 33.9 Å². The van der Waals surface area contributed by atoms with Crippen molar-refractivity contribution in [3.63, 3.8) is 0 Å². The lowest BCUT2D eigenvalue weighted by Crippen LogP contribution is -2.26. The molecule has 0 heterocycles. The molecule has 9 nitrogen and oxygen atoms in total. The molecule has 9 heteroatoms. The summed E-state index contributed by atoms with van der Waals surface area (Å²) in [7, 11) is 0. The fourth-order valence-electron chi connectivity index (χ4n) is 2.04. The number of hydrogen-bond acceptors (Lipinski definition) is 8. The van der Waals surface area contributed by atoms with Gasteiger partial charge in [-0.2, -0.15) is 0 Å². The van der Waals surface area contributed by atoms with E-state index in [4.69, 9.17) is 9.47 Å². The van der Waals surface area contributed by atoms with E-state index in [1.54, 1.807) is 13.0 Å². The summed E-state index contributed by atoms with van der Waals surface area (Å²) in [4.78, 5) is 44.8. The highest BCUT2D eigenvalue weighted by Gasteiger charge is 2.23. The first-order chi connectivity index (χ1) is 12.3. The van der Waals surface area contributed by atoms with Crippen LogP contribution in [0, 0.1) is 17.0 Å². The second kappa shape index (κ2) is 7.99. The molecule has 1 N–H and O–H groups in total. The lowest BCUT2D eigenvalue weighted by molar-refractivity contribution is -0.385. The van der Waals surface area contributed by atoms with Gasteiger partial charge >= 0.3 is 11.9 Å². The molecule has 2 rings (SSSR count). The number of nitro benzene ring substituents is 1. The topological polar surface area (TPSA) is 133 Å². The van der Waals surface area contributed by atoms with Gasteiger partial charge in [0.2, 0.25) is 0 Å². The van der Waals surface area contributed by atoms with Crippen molar-refractivity contribution in [1.82, 2.24) is 0 Å². The lowest BCUT2D eigenvalue weighted by atomic mass is 10.1. The van der Waals surface area contributed by atoms with Crippen molar-refractivity contribution in [2.24, 2.45) is 0 Å². The summed E-state index contributed by atoms with van der Waals surface area (Å²) in [5.74, 6) is -3.14. The van der Waals surface area contributed by atoms with Crippen molar-refractivity contribution in [1.29, 1.82) is 0 Å². The van der Waals surface area contributed by atoms with E-state index in [0.29, 0.717) is 6.29 Å². The van der Waals surface area contributed by atoms with Gasteiger partial charge in [-0.05, 0) is 25.1 Å². The monoisotopic (exact) mass is 359 g/mol. The van der Waals surface area contributed by atoms with Gasteiger partial charge in [0.15, 0.2) is 6.29 Å². The standard InChI is InChI=1S/C17H13NO8/c1-10-2-4-14(11(6-10)8-19)25-16(21)17(22)26-15-5-3-13(18(23)24)7-12(15)9-20/h2-8,20H,9H2,1H3. The van der Waals surface area contributed by atoms with E-state index in [-0.39, 0.29) is 28.3 Å². The molecule has 0 amide bonds. The Kier molecular flexibility index (Phi) is 5.76. The van der Waals surface area contributed by atoms with E-state index < -0.39 is 23.5 Å². The van der Waals surface area contributed by atoms with E-state index in [1.807, 2.05) is 0 Å². The molecular formula is C17H13NO8. The molecule has 0 bridgehead atoms. The number of carbonyl (C=O) groups excluding carboxylic acids is 3. The molecule has 0 spiro atoms. The molecule has 2 aromatic carbocycles. The van der Waals surface area contributed by atoms with Crippen LogP contribution in [0.3, 0.4) is 0 Å². The summed E-state index contributed by atoms with van der Waals surface area (Å²) in [6, 6.07) is 7.56. The second-order valence-corrected chi connectivity index (χ2v) is 5.15. The van der Waals surface area contributed by atoms with Crippen molar-refractivity contribution >= 4 is 23.9 Å². The molecule has 0 saturated heterocycles. The lowest BCUT2D eigenvalue weighted by Gasteiger charge is -2.09. The van der Waals surface area contributed by atoms with Crippen LogP contribution in [0.2, 0.25) is 0 Å². The van der Waals surface area contributed by atoms with Gasteiger partial charge in [0.05, 0.1) is 17.1 Å². The highest BCUT2D eigenvalue weighted by atomic mass is 16.6. The number of nitro groups is 1. The van der Waals surface area contributed by atoms with Crippen LogP contribution in [0.5, 0.6) is 11.5 Å². The molecule has 0 aromatic heterocycles. The number of carbonyl (C=O) groups is 3. The molecular weight excluding hydrogens is 346 g/mol. The fraction of sp³-hybridized carbons (Fsp3) is 0.118. The van der Waals surface area contributed by atoms with Gasteiger partial charge in [-0.25, -0.2) is 9.59 Å². The van der Waals surface area contributed by atoms with E-state index >= 15 is 0 Å². The van der Waals surface area contributed by atoms with Crippen LogP contribution in [-0.4, -0.2) is 28.3 Å². The van der Waals surface area contributed by atoms with E-state index in [9.17, 15) is 29.6 Å². The number of aliphatic hydroxyl groups is 1. The fourth-order valence-corrected chi connectivity index (χ4v) is 2.04. The molecule has 0 saturated carbocycles. The molecule has 0 radical (unpaired) electrons. The molecule has 0 unspecified atom stereocenters. The zero-order valence-electron chi connectivity index (χ0n) is 13.5.